The number of amides is 1. The van der Waals surface area contributed by atoms with E-state index in [2.05, 4.69) is 15.3 Å². The molecule has 0 aliphatic rings. The SMILES string of the molecule is Cc1ccc(-c2cnc(CCC(=O)NCc3cn4ccsc4n3)o2)cc1. The molecule has 4 rings (SSSR count). The number of carbonyl (C=O) groups is 1. The molecular weight excluding hydrogens is 348 g/mol. The molecule has 26 heavy (non-hydrogen) atoms. The first-order valence-electron chi connectivity index (χ1n) is 8.37. The van der Waals surface area contributed by atoms with Crippen molar-refractivity contribution in [3.8, 4) is 11.3 Å². The van der Waals surface area contributed by atoms with E-state index in [1.54, 1.807) is 17.5 Å². The summed E-state index contributed by atoms with van der Waals surface area (Å²) in [7, 11) is 0. The third-order valence-electron chi connectivity index (χ3n) is 4.07. The fourth-order valence-corrected chi connectivity index (χ4v) is 3.36. The highest BCUT2D eigenvalue weighted by molar-refractivity contribution is 7.15. The van der Waals surface area contributed by atoms with Gasteiger partial charge in [-0.25, -0.2) is 9.97 Å². The van der Waals surface area contributed by atoms with E-state index in [4.69, 9.17) is 4.42 Å². The minimum Gasteiger partial charge on any atom is -0.441 e. The van der Waals surface area contributed by atoms with Crippen LogP contribution in [0.25, 0.3) is 16.3 Å². The molecule has 0 bridgehead atoms. The number of carbonyl (C=O) groups excluding carboxylic acids is 1. The molecule has 7 heteroatoms. The summed E-state index contributed by atoms with van der Waals surface area (Å²) >= 11 is 1.57. The lowest BCUT2D eigenvalue weighted by Gasteiger charge is -2.01. The summed E-state index contributed by atoms with van der Waals surface area (Å²) in [5.41, 5.74) is 3.03. The van der Waals surface area contributed by atoms with Crippen molar-refractivity contribution in [1.29, 1.82) is 0 Å². The zero-order valence-corrected chi connectivity index (χ0v) is 15.1. The second kappa shape index (κ2) is 7.13. The Morgan fingerprint density at radius 3 is 2.96 bits per heavy atom. The molecule has 0 fully saturated rings. The summed E-state index contributed by atoms with van der Waals surface area (Å²) in [6, 6.07) is 8.07. The first-order valence-corrected chi connectivity index (χ1v) is 9.25. The van der Waals surface area contributed by atoms with Gasteiger partial charge in [-0.1, -0.05) is 29.8 Å². The first-order chi connectivity index (χ1) is 12.7. The normalized spacial score (nSPS) is 11.1. The van der Waals surface area contributed by atoms with Gasteiger partial charge in [0.1, 0.15) is 0 Å². The predicted molar refractivity (Wildman–Crippen MR) is 99.9 cm³/mol. The average molecular weight is 366 g/mol. The van der Waals surface area contributed by atoms with Crippen LogP contribution in [-0.2, 0) is 17.8 Å². The Labute approximate surface area is 154 Å². The predicted octanol–water partition coefficient (Wildman–Crippen LogP) is 3.61. The van der Waals surface area contributed by atoms with Gasteiger partial charge >= 0.3 is 0 Å². The number of fused-ring (bicyclic) bond motifs is 1. The van der Waals surface area contributed by atoms with Crippen molar-refractivity contribution in [3.63, 3.8) is 0 Å². The highest BCUT2D eigenvalue weighted by atomic mass is 32.1. The Kier molecular flexibility index (Phi) is 4.53. The van der Waals surface area contributed by atoms with Gasteiger partial charge in [-0.3, -0.25) is 9.20 Å². The molecule has 6 nitrogen and oxygen atoms in total. The van der Waals surface area contributed by atoms with Crippen molar-refractivity contribution >= 4 is 22.2 Å². The minimum absolute atomic E-state index is 0.0450. The quantitative estimate of drug-likeness (QED) is 0.566. The lowest BCUT2D eigenvalue weighted by atomic mass is 10.1. The van der Waals surface area contributed by atoms with Crippen molar-refractivity contribution in [2.24, 2.45) is 0 Å². The van der Waals surface area contributed by atoms with Crippen LogP contribution in [0, 0.1) is 6.92 Å². The molecule has 0 atom stereocenters. The van der Waals surface area contributed by atoms with Crippen LogP contribution in [-0.4, -0.2) is 20.3 Å². The van der Waals surface area contributed by atoms with Crippen LogP contribution >= 0.6 is 11.3 Å². The van der Waals surface area contributed by atoms with E-state index in [0.717, 1.165) is 22.0 Å². The molecule has 0 aliphatic heterocycles. The van der Waals surface area contributed by atoms with Crippen LogP contribution in [0.15, 0.2) is 52.7 Å². The van der Waals surface area contributed by atoms with E-state index in [1.807, 2.05) is 53.4 Å². The standard InChI is InChI=1S/C19H18N4O2S/c1-13-2-4-14(5-3-13)16-11-21-18(25-16)7-6-17(24)20-10-15-12-23-8-9-26-19(23)22-15/h2-5,8-9,11-12H,6-7,10H2,1H3,(H,20,24). The molecular formula is C19H18N4O2S. The van der Waals surface area contributed by atoms with E-state index in [0.29, 0.717) is 25.3 Å². The molecule has 132 valence electrons. The van der Waals surface area contributed by atoms with Crippen molar-refractivity contribution in [1.82, 2.24) is 19.7 Å². The molecule has 1 N–H and O–H groups in total. The lowest BCUT2D eigenvalue weighted by molar-refractivity contribution is -0.121. The number of hydrogen-bond donors (Lipinski definition) is 1. The number of thiazole rings is 1. The maximum Gasteiger partial charge on any atom is 0.220 e. The van der Waals surface area contributed by atoms with Gasteiger partial charge in [-0.2, -0.15) is 0 Å². The summed E-state index contributed by atoms with van der Waals surface area (Å²) in [6.45, 7) is 2.47. The molecule has 3 heterocycles. The van der Waals surface area contributed by atoms with Crippen LogP contribution in [0.4, 0.5) is 0 Å². The maximum absolute atomic E-state index is 12.0. The van der Waals surface area contributed by atoms with Gasteiger partial charge in [0, 0.05) is 36.2 Å². The summed E-state index contributed by atoms with van der Waals surface area (Å²) in [4.78, 5) is 21.7. The zero-order chi connectivity index (χ0) is 17.9. The Hall–Kier alpha value is -2.93. The number of rotatable bonds is 6. The third kappa shape index (κ3) is 3.67. The number of aryl methyl sites for hydroxylation is 2. The number of nitrogens with zero attached hydrogens (tertiary/aromatic N) is 3. The maximum atomic E-state index is 12.0. The van der Waals surface area contributed by atoms with E-state index in [9.17, 15) is 4.79 Å². The van der Waals surface area contributed by atoms with Crippen LogP contribution in [0.1, 0.15) is 23.6 Å². The number of benzene rings is 1. The van der Waals surface area contributed by atoms with Crippen LogP contribution < -0.4 is 5.32 Å². The van der Waals surface area contributed by atoms with E-state index >= 15 is 0 Å². The van der Waals surface area contributed by atoms with Crippen LogP contribution in [0.5, 0.6) is 0 Å². The number of hydrogen-bond acceptors (Lipinski definition) is 5. The molecule has 4 aromatic rings. The van der Waals surface area contributed by atoms with Crippen molar-refractivity contribution in [2.45, 2.75) is 26.3 Å². The molecule has 1 aromatic carbocycles. The van der Waals surface area contributed by atoms with Gasteiger partial charge in [-0.05, 0) is 6.92 Å². The molecule has 0 unspecified atom stereocenters. The van der Waals surface area contributed by atoms with Gasteiger partial charge in [0.05, 0.1) is 18.4 Å². The molecule has 0 saturated carbocycles. The van der Waals surface area contributed by atoms with Crippen molar-refractivity contribution in [3.05, 3.63) is 65.4 Å². The summed E-state index contributed by atoms with van der Waals surface area (Å²) < 4.78 is 7.70. The number of nitrogens with one attached hydrogen (secondary N) is 1. The highest BCUT2D eigenvalue weighted by Crippen LogP contribution is 2.21. The Bertz CT molecular complexity index is 1000. The van der Waals surface area contributed by atoms with Gasteiger partial charge in [0.2, 0.25) is 5.91 Å². The van der Waals surface area contributed by atoms with Gasteiger partial charge in [0.15, 0.2) is 16.6 Å². The molecule has 1 amide bonds. The minimum atomic E-state index is -0.0450. The number of oxazole rings is 1. The van der Waals surface area contributed by atoms with Crippen molar-refractivity contribution in [2.75, 3.05) is 0 Å². The third-order valence-corrected chi connectivity index (χ3v) is 4.84. The van der Waals surface area contributed by atoms with Gasteiger partial charge < -0.3 is 9.73 Å². The topological polar surface area (TPSA) is 72.4 Å². The molecule has 0 spiro atoms. The molecule has 0 radical (unpaired) electrons. The fraction of sp³-hybridized carbons (Fsp3) is 0.211. The van der Waals surface area contributed by atoms with Crippen LogP contribution in [0.3, 0.4) is 0 Å². The van der Waals surface area contributed by atoms with E-state index in [1.165, 1.54) is 5.56 Å². The summed E-state index contributed by atoms with van der Waals surface area (Å²) in [5.74, 6) is 1.24. The lowest BCUT2D eigenvalue weighted by Crippen LogP contribution is -2.23. The Morgan fingerprint density at radius 1 is 1.31 bits per heavy atom. The number of imidazole rings is 1. The molecule has 0 aliphatic carbocycles. The number of aromatic nitrogens is 3. The van der Waals surface area contributed by atoms with Crippen molar-refractivity contribution < 1.29 is 9.21 Å². The van der Waals surface area contributed by atoms with Gasteiger partial charge in [-0.15, -0.1) is 11.3 Å². The highest BCUT2D eigenvalue weighted by Gasteiger charge is 2.10. The molecule has 0 saturated heterocycles. The second-order valence-electron chi connectivity index (χ2n) is 6.09. The molecule has 3 aromatic heterocycles. The zero-order valence-electron chi connectivity index (χ0n) is 14.3. The summed E-state index contributed by atoms with van der Waals surface area (Å²) in [6.07, 6.45) is 6.38. The second-order valence-corrected chi connectivity index (χ2v) is 6.96. The monoisotopic (exact) mass is 366 g/mol. The summed E-state index contributed by atoms with van der Waals surface area (Å²) in [5, 5.41) is 4.86. The van der Waals surface area contributed by atoms with Gasteiger partial charge in [0.25, 0.3) is 0 Å². The Balaban J connectivity index is 1.29. The smallest absolute Gasteiger partial charge is 0.220 e. The average Bonchev–Trinajstić information content (AvgIpc) is 3.34. The van der Waals surface area contributed by atoms with E-state index < -0.39 is 0 Å². The first kappa shape index (κ1) is 16.5. The Morgan fingerprint density at radius 2 is 2.15 bits per heavy atom. The van der Waals surface area contributed by atoms with Crippen LogP contribution in [0.2, 0.25) is 0 Å². The van der Waals surface area contributed by atoms with E-state index in [-0.39, 0.29) is 5.91 Å². The largest absolute Gasteiger partial charge is 0.441 e. The fourth-order valence-electron chi connectivity index (χ4n) is 2.64.